The van der Waals surface area contributed by atoms with E-state index in [0.29, 0.717) is 40.7 Å². The maximum absolute atomic E-state index is 12.8. The number of aromatic nitrogens is 1. The van der Waals surface area contributed by atoms with Crippen molar-refractivity contribution in [3.63, 3.8) is 0 Å². The normalized spacial score (nSPS) is 12.5. The fourth-order valence-electron chi connectivity index (χ4n) is 3.57. The largest absolute Gasteiger partial charge is 0.484 e. The van der Waals surface area contributed by atoms with E-state index >= 15 is 0 Å². The summed E-state index contributed by atoms with van der Waals surface area (Å²) in [7, 11) is 0. The minimum absolute atomic E-state index is 0.184. The fraction of sp³-hybridized carbons (Fsp3) is 0.231. The highest BCUT2D eigenvalue weighted by Crippen LogP contribution is 2.33. The standard InChI is InChI=1S/C26H24ClN3O5/c1-17-5-7-20(27)24(12-17)34-15-22(31)18-6-8-23-21(13-18)30(26(33)16-35-23)14-25(32)29-11-9-19-4-2-3-10-28-19/h2-8,10,12-13H,9,11,14-16H2,1H3,(H,29,32). The molecule has 1 aliphatic rings. The van der Waals surface area contributed by atoms with Crippen LogP contribution in [0.5, 0.6) is 11.5 Å². The first-order valence-electron chi connectivity index (χ1n) is 11.1. The molecule has 2 aromatic carbocycles. The molecule has 180 valence electrons. The third-order valence-electron chi connectivity index (χ3n) is 5.40. The Morgan fingerprint density at radius 2 is 2.03 bits per heavy atom. The number of carbonyl (C=O) groups excluding carboxylic acids is 3. The van der Waals surface area contributed by atoms with Crippen LogP contribution >= 0.6 is 11.6 Å². The lowest BCUT2D eigenvalue weighted by Crippen LogP contribution is -2.45. The molecule has 2 heterocycles. The van der Waals surface area contributed by atoms with Gasteiger partial charge in [0, 0.05) is 30.4 Å². The van der Waals surface area contributed by atoms with Crippen molar-refractivity contribution in [3.05, 3.63) is 82.6 Å². The molecule has 1 aliphatic heterocycles. The summed E-state index contributed by atoms with van der Waals surface area (Å²) in [6, 6.07) is 15.6. The number of Topliss-reactive ketones (excluding diaryl/α,β-unsaturated/α-hetero) is 1. The molecule has 1 N–H and O–H groups in total. The van der Waals surface area contributed by atoms with Gasteiger partial charge in [0.25, 0.3) is 5.91 Å². The number of hydrogen-bond acceptors (Lipinski definition) is 6. The summed E-state index contributed by atoms with van der Waals surface area (Å²) in [6.45, 7) is 1.68. The van der Waals surface area contributed by atoms with Gasteiger partial charge in [-0.05, 0) is 55.0 Å². The summed E-state index contributed by atoms with van der Waals surface area (Å²) in [4.78, 5) is 43.4. The summed E-state index contributed by atoms with van der Waals surface area (Å²) < 4.78 is 11.1. The molecule has 0 unspecified atom stereocenters. The van der Waals surface area contributed by atoms with Gasteiger partial charge in [0.05, 0.1) is 10.7 Å². The molecule has 0 bridgehead atoms. The molecule has 4 rings (SSSR count). The molecule has 2 amide bonds. The quantitative estimate of drug-likeness (QED) is 0.459. The molecule has 0 radical (unpaired) electrons. The number of amides is 2. The topological polar surface area (TPSA) is 97.8 Å². The number of fused-ring (bicyclic) bond motifs is 1. The van der Waals surface area contributed by atoms with Crippen LogP contribution in [-0.2, 0) is 16.0 Å². The maximum Gasteiger partial charge on any atom is 0.265 e. The molecule has 0 fully saturated rings. The zero-order valence-electron chi connectivity index (χ0n) is 19.1. The second kappa shape index (κ2) is 11.0. The summed E-state index contributed by atoms with van der Waals surface area (Å²) in [6.07, 6.45) is 2.27. The van der Waals surface area contributed by atoms with E-state index in [0.717, 1.165) is 11.3 Å². The summed E-state index contributed by atoms with van der Waals surface area (Å²) >= 11 is 6.14. The molecule has 3 aromatic rings. The molecule has 0 atom stereocenters. The zero-order valence-corrected chi connectivity index (χ0v) is 19.9. The Balaban J connectivity index is 1.41. The maximum atomic E-state index is 12.8. The van der Waals surface area contributed by atoms with Crippen molar-refractivity contribution < 1.29 is 23.9 Å². The minimum Gasteiger partial charge on any atom is -0.484 e. The van der Waals surface area contributed by atoms with Gasteiger partial charge in [-0.2, -0.15) is 0 Å². The molecular formula is C26H24ClN3O5. The zero-order chi connectivity index (χ0) is 24.8. The van der Waals surface area contributed by atoms with Gasteiger partial charge in [-0.1, -0.05) is 23.7 Å². The molecule has 0 saturated carbocycles. The highest BCUT2D eigenvalue weighted by Gasteiger charge is 2.28. The molecule has 0 aliphatic carbocycles. The number of halogens is 1. The number of pyridine rings is 1. The number of benzene rings is 2. The highest BCUT2D eigenvalue weighted by molar-refractivity contribution is 6.32. The average Bonchev–Trinajstić information content (AvgIpc) is 2.86. The van der Waals surface area contributed by atoms with Crippen LogP contribution in [0.15, 0.2) is 60.8 Å². The third-order valence-corrected chi connectivity index (χ3v) is 5.71. The number of rotatable bonds is 9. The van der Waals surface area contributed by atoms with Crippen LogP contribution < -0.4 is 19.7 Å². The van der Waals surface area contributed by atoms with Crippen molar-refractivity contribution in [1.29, 1.82) is 0 Å². The van der Waals surface area contributed by atoms with Crippen LogP contribution in [0.2, 0.25) is 5.02 Å². The lowest BCUT2D eigenvalue weighted by Gasteiger charge is -2.29. The van der Waals surface area contributed by atoms with Crippen molar-refractivity contribution in [3.8, 4) is 11.5 Å². The Bertz CT molecular complexity index is 1250. The molecule has 35 heavy (non-hydrogen) atoms. The summed E-state index contributed by atoms with van der Waals surface area (Å²) in [5.41, 5.74) is 2.50. The first-order valence-corrected chi connectivity index (χ1v) is 11.4. The Morgan fingerprint density at radius 1 is 1.17 bits per heavy atom. The monoisotopic (exact) mass is 493 g/mol. The Labute approximate surface area is 207 Å². The van der Waals surface area contributed by atoms with Gasteiger partial charge in [-0.25, -0.2) is 0 Å². The lowest BCUT2D eigenvalue weighted by atomic mass is 10.1. The second-order valence-electron chi connectivity index (χ2n) is 8.02. The van der Waals surface area contributed by atoms with Crippen LogP contribution in [0.3, 0.4) is 0 Å². The lowest BCUT2D eigenvalue weighted by molar-refractivity contribution is -0.125. The third kappa shape index (κ3) is 6.16. The van der Waals surface area contributed by atoms with Gasteiger partial charge in [-0.3, -0.25) is 24.3 Å². The Kier molecular flexibility index (Phi) is 7.62. The first kappa shape index (κ1) is 24.2. The summed E-state index contributed by atoms with van der Waals surface area (Å²) in [5.74, 6) is -0.158. The molecular weight excluding hydrogens is 470 g/mol. The van der Waals surface area contributed by atoms with Gasteiger partial charge in [0.2, 0.25) is 5.91 Å². The predicted molar refractivity (Wildman–Crippen MR) is 131 cm³/mol. The van der Waals surface area contributed by atoms with E-state index in [9.17, 15) is 14.4 Å². The number of hydrogen-bond donors (Lipinski definition) is 1. The van der Waals surface area contributed by atoms with Gasteiger partial charge in [-0.15, -0.1) is 0 Å². The fourth-order valence-corrected chi connectivity index (χ4v) is 3.74. The van der Waals surface area contributed by atoms with Crippen molar-refractivity contribution in [1.82, 2.24) is 10.3 Å². The van der Waals surface area contributed by atoms with Gasteiger partial charge in [0.15, 0.2) is 19.0 Å². The number of anilines is 1. The van der Waals surface area contributed by atoms with E-state index < -0.39 is 0 Å². The smallest absolute Gasteiger partial charge is 0.265 e. The van der Waals surface area contributed by atoms with Gasteiger partial charge in [0.1, 0.15) is 18.0 Å². The first-order chi connectivity index (χ1) is 16.9. The number of aryl methyl sites for hydroxylation is 1. The molecule has 9 heteroatoms. The molecule has 8 nitrogen and oxygen atoms in total. The highest BCUT2D eigenvalue weighted by atomic mass is 35.5. The summed E-state index contributed by atoms with van der Waals surface area (Å²) in [5, 5.41) is 3.21. The van der Waals surface area contributed by atoms with E-state index in [2.05, 4.69) is 10.3 Å². The van der Waals surface area contributed by atoms with Crippen LogP contribution in [0.1, 0.15) is 21.6 Å². The number of nitrogens with zero attached hydrogens (tertiary/aromatic N) is 2. The van der Waals surface area contributed by atoms with E-state index in [4.69, 9.17) is 21.1 Å². The Hall–Kier alpha value is -3.91. The SMILES string of the molecule is Cc1ccc(Cl)c(OCC(=O)c2ccc3c(c2)N(CC(=O)NCCc2ccccn2)C(=O)CO3)c1. The average molecular weight is 494 g/mol. The Morgan fingerprint density at radius 3 is 2.83 bits per heavy atom. The van der Waals surface area contributed by atoms with E-state index in [1.807, 2.05) is 31.2 Å². The number of nitrogens with one attached hydrogen (secondary N) is 1. The predicted octanol–water partition coefficient (Wildman–Crippen LogP) is 3.39. The van der Waals surface area contributed by atoms with Crippen molar-refractivity contribution >= 4 is 34.9 Å². The number of carbonyl (C=O) groups is 3. The van der Waals surface area contributed by atoms with Crippen molar-refractivity contribution in [2.45, 2.75) is 13.3 Å². The van der Waals surface area contributed by atoms with Crippen LogP contribution in [0, 0.1) is 6.92 Å². The molecule has 0 spiro atoms. The van der Waals surface area contributed by atoms with E-state index in [1.54, 1.807) is 30.5 Å². The van der Waals surface area contributed by atoms with Crippen LogP contribution in [0.4, 0.5) is 5.69 Å². The minimum atomic E-state index is -0.371. The van der Waals surface area contributed by atoms with Gasteiger partial charge < -0.3 is 14.8 Å². The number of ether oxygens (including phenoxy) is 2. The van der Waals surface area contributed by atoms with Crippen LogP contribution in [-0.4, -0.2) is 48.9 Å². The molecule has 0 saturated heterocycles. The van der Waals surface area contributed by atoms with E-state index in [-0.39, 0.29) is 37.4 Å². The van der Waals surface area contributed by atoms with E-state index in [1.165, 1.54) is 11.0 Å². The number of ketones is 1. The second-order valence-corrected chi connectivity index (χ2v) is 8.43. The van der Waals surface area contributed by atoms with Gasteiger partial charge >= 0.3 is 0 Å². The van der Waals surface area contributed by atoms with Crippen LogP contribution in [0.25, 0.3) is 0 Å². The molecule has 1 aromatic heterocycles. The van der Waals surface area contributed by atoms with Crippen molar-refractivity contribution in [2.75, 3.05) is 31.2 Å². The van der Waals surface area contributed by atoms with Crippen molar-refractivity contribution in [2.24, 2.45) is 0 Å².